The molecule has 29 heavy (non-hydrogen) atoms. The number of anilines is 3. The van der Waals surface area contributed by atoms with Crippen molar-refractivity contribution in [3.63, 3.8) is 0 Å². The molecular formula is C19H13N5O2S3. The molecule has 2 heterocycles. The Bertz CT molecular complexity index is 1210. The fourth-order valence-corrected chi connectivity index (χ4v) is 5.06. The minimum absolute atomic E-state index is 0.0980. The van der Waals surface area contributed by atoms with E-state index in [4.69, 9.17) is 5.26 Å². The van der Waals surface area contributed by atoms with Gasteiger partial charge in [-0.2, -0.15) is 9.98 Å². The summed E-state index contributed by atoms with van der Waals surface area (Å²) in [6.45, 7) is 0. The summed E-state index contributed by atoms with van der Waals surface area (Å²) in [7, 11) is -3.78. The highest BCUT2D eigenvalue weighted by atomic mass is 32.3. The Hall–Kier alpha value is -3.10. The summed E-state index contributed by atoms with van der Waals surface area (Å²) >= 11 is 2.45. The molecule has 4 rings (SSSR count). The molecule has 0 radical (unpaired) electrons. The second-order valence-corrected chi connectivity index (χ2v) is 9.37. The average molecular weight is 440 g/mol. The molecule has 7 nitrogen and oxygen atoms in total. The van der Waals surface area contributed by atoms with Crippen molar-refractivity contribution in [2.45, 2.75) is 4.90 Å². The van der Waals surface area contributed by atoms with Crippen LogP contribution in [0.25, 0.3) is 11.3 Å². The largest absolute Gasteiger partial charge is 0.588 e. The Labute approximate surface area is 176 Å². The molecule has 0 bridgehead atoms. The highest BCUT2D eigenvalue weighted by Crippen LogP contribution is 2.29. The number of hydrogen-bond acceptors (Lipinski definition) is 8. The summed E-state index contributed by atoms with van der Waals surface area (Å²) in [5.41, 5.74) is 2.63. The maximum absolute atomic E-state index is 12.5. The van der Waals surface area contributed by atoms with Crippen LogP contribution >= 0.6 is 22.7 Å². The van der Waals surface area contributed by atoms with E-state index in [0.717, 1.165) is 28.3 Å². The lowest BCUT2D eigenvalue weighted by Crippen LogP contribution is -2.20. The molecule has 0 fully saturated rings. The number of nitriles is 1. The van der Waals surface area contributed by atoms with Crippen molar-refractivity contribution >= 4 is 49.0 Å². The third-order valence-corrected chi connectivity index (χ3v) is 6.89. The Morgan fingerprint density at radius 3 is 2.52 bits per heavy atom. The van der Waals surface area contributed by atoms with Crippen LogP contribution in [0.15, 0.2) is 71.1 Å². The lowest BCUT2D eigenvalue weighted by Gasteiger charge is -2.14. The van der Waals surface area contributed by atoms with Gasteiger partial charge in [-0.1, -0.05) is 45.9 Å². The van der Waals surface area contributed by atoms with Crippen LogP contribution in [0.3, 0.4) is 0 Å². The van der Waals surface area contributed by atoms with Gasteiger partial charge in [0.15, 0.2) is 20.4 Å². The van der Waals surface area contributed by atoms with E-state index in [9.17, 15) is 8.76 Å². The second-order valence-electron chi connectivity index (χ2n) is 5.80. The van der Waals surface area contributed by atoms with Gasteiger partial charge in [-0.05, 0) is 24.3 Å². The summed E-state index contributed by atoms with van der Waals surface area (Å²) in [6.07, 6.45) is 1.33. The smallest absolute Gasteiger partial charge is 0.227 e. The SMILES string of the molecule is N#Cc1cnc(N[S+](=O)([O-])c2ccc(Nc3nc(-c4ccccc4)cs3)cc2)s1. The first kappa shape index (κ1) is 19.2. The molecule has 1 atom stereocenters. The van der Waals surface area contributed by atoms with Gasteiger partial charge in [0.2, 0.25) is 5.13 Å². The summed E-state index contributed by atoms with van der Waals surface area (Å²) < 4.78 is 27.3. The van der Waals surface area contributed by atoms with Gasteiger partial charge in [-0.15, -0.1) is 11.3 Å². The van der Waals surface area contributed by atoms with Gasteiger partial charge in [0.25, 0.3) is 0 Å². The molecule has 4 aromatic rings. The van der Waals surface area contributed by atoms with Gasteiger partial charge in [-0.3, -0.25) is 0 Å². The van der Waals surface area contributed by atoms with E-state index in [1.807, 2.05) is 41.8 Å². The van der Waals surface area contributed by atoms with Gasteiger partial charge in [-0.25, -0.2) is 9.97 Å². The number of sulfonamides is 1. The van der Waals surface area contributed by atoms with Crippen molar-refractivity contribution < 1.29 is 8.76 Å². The fraction of sp³-hybridized carbons (Fsp3) is 0. The number of rotatable bonds is 6. The predicted octanol–water partition coefficient (Wildman–Crippen LogP) is 4.90. The van der Waals surface area contributed by atoms with E-state index in [1.165, 1.54) is 29.7 Å². The van der Waals surface area contributed by atoms with Crippen LogP contribution in [-0.2, 0) is 14.6 Å². The maximum Gasteiger partial charge on any atom is 0.227 e. The lowest BCUT2D eigenvalue weighted by molar-refractivity contribution is 0.483. The van der Waals surface area contributed by atoms with Gasteiger partial charge in [0, 0.05) is 16.6 Å². The molecule has 0 saturated carbocycles. The Morgan fingerprint density at radius 2 is 1.83 bits per heavy atom. The topological polar surface area (TPSA) is 114 Å². The molecule has 2 aromatic heterocycles. The number of hydrogen-bond donors (Lipinski definition) is 2. The van der Waals surface area contributed by atoms with Crippen LogP contribution in [-0.4, -0.2) is 14.5 Å². The van der Waals surface area contributed by atoms with Crippen LogP contribution in [0.5, 0.6) is 0 Å². The first-order valence-corrected chi connectivity index (χ1v) is 11.5. The van der Waals surface area contributed by atoms with Crippen LogP contribution in [0.2, 0.25) is 0 Å². The van der Waals surface area contributed by atoms with E-state index in [2.05, 4.69) is 20.0 Å². The zero-order chi connectivity index (χ0) is 20.3. The van der Waals surface area contributed by atoms with Crippen LogP contribution in [0.4, 0.5) is 16.0 Å². The standard InChI is InChI=1S/C19H13N5O2S3/c20-10-15-11-21-18(28-15)24-29(25,26)16-8-6-14(7-9-16)22-19-23-17(12-27-19)13-4-2-1-3-5-13/h1-9,11-12H,(H2-,21,22,23,24,25,26). The molecule has 0 amide bonds. The molecule has 1 unspecified atom stereocenters. The minimum atomic E-state index is -3.78. The summed E-state index contributed by atoms with van der Waals surface area (Å²) in [6, 6.07) is 18.1. The third kappa shape index (κ3) is 4.49. The van der Waals surface area contributed by atoms with Crippen LogP contribution < -0.4 is 10.0 Å². The maximum atomic E-state index is 12.5. The molecule has 10 heteroatoms. The summed E-state index contributed by atoms with van der Waals surface area (Å²) in [5, 5.41) is 14.8. The molecule has 2 aromatic carbocycles. The van der Waals surface area contributed by atoms with E-state index in [1.54, 1.807) is 12.1 Å². The van der Waals surface area contributed by atoms with E-state index in [0.29, 0.717) is 10.0 Å². The summed E-state index contributed by atoms with van der Waals surface area (Å²) in [4.78, 5) is 8.87. The molecule has 0 aliphatic rings. The van der Waals surface area contributed by atoms with E-state index in [-0.39, 0.29) is 10.0 Å². The number of thiazole rings is 2. The Balaban J connectivity index is 1.46. The average Bonchev–Trinajstić information content (AvgIpc) is 3.38. The zero-order valence-corrected chi connectivity index (χ0v) is 17.2. The van der Waals surface area contributed by atoms with Gasteiger partial charge >= 0.3 is 0 Å². The van der Waals surface area contributed by atoms with Crippen molar-refractivity contribution in [3.8, 4) is 17.3 Å². The molecule has 0 aliphatic carbocycles. The normalized spacial score (nSPS) is 12.7. The molecule has 0 saturated heterocycles. The quantitative estimate of drug-likeness (QED) is 0.413. The Kier molecular flexibility index (Phi) is 5.37. The van der Waals surface area contributed by atoms with Crippen molar-refractivity contribution in [2.75, 3.05) is 10.0 Å². The number of nitrogens with one attached hydrogen (secondary N) is 2. The number of nitrogens with zero attached hydrogens (tertiary/aromatic N) is 3. The zero-order valence-electron chi connectivity index (χ0n) is 14.7. The Morgan fingerprint density at radius 1 is 1.07 bits per heavy atom. The first-order valence-electron chi connectivity index (χ1n) is 8.30. The highest BCUT2D eigenvalue weighted by molar-refractivity contribution is 7.99. The third-order valence-electron chi connectivity index (χ3n) is 3.83. The molecule has 0 aliphatic heterocycles. The van der Waals surface area contributed by atoms with Crippen LogP contribution in [0.1, 0.15) is 4.88 Å². The predicted molar refractivity (Wildman–Crippen MR) is 115 cm³/mol. The van der Waals surface area contributed by atoms with Crippen LogP contribution in [0, 0.1) is 11.3 Å². The minimum Gasteiger partial charge on any atom is -0.588 e. The van der Waals surface area contributed by atoms with Gasteiger partial charge in [0.1, 0.15) is 10.9 Å². The van der Waals surface area contributed by atoms with Gasteiger partial charge < -0.3 is 9.87 Å². The number of aromatic nitrogens is 2. The highest BCUT2D eigenvalue weighted by Gasteiger charge is 2.22. The van der Waals surface area contributed by atoms with E-state index < -0.39 is 10.4 Å². The summed E-state index contributed by atoms with van der Waals surface area (Å²) in [5.74, 6) is 0. The van der Waals surface area contributed by atoms with E-state index >= 15 is 0 Å². The monoisotopic (exact) mass is 439 g/mol. The van der Waals surface area contributed by atoms with Gasteiger partial charge in [0.05, 0.1) is 11.9 Å². The number of benzene rings is 2. The fourth-order valence-electron chi connectivity index (χ4n) is 2.46. The first-order chi connectivity index (χ1) is 14.0. The molecule has 0 spiro atoms. The van der Waals surface area contributed by atoms with Crippen molar-refractivity contribution in [1.29, 1.82) is 5.26 Å². The van der Waals surface area contributed by atoms with Crippen molar-refractivity contribution in [2.24, 2.45) is 0 Å². The lowest BCUT2D eigenvalue weighted by atomic mass is 10.2. The molecular weight excluding hydrogens is 426 g/mol. The molecule has 144 valence electrons. The van der Waals surface area contributed by atoms with Crippen molar-refractivity contribution in [3.05, 3.63) is 71.1 Å². The van der Waals surface area contributed by atoms with Crippen molar-refractivity contribution in [1.82, 2.24) is 9.97 Å². The second kappa shape index (κ2) is 8.10. The molecule has 2 N–H and O–H groups in total.